The van der Waals surface area contributed by atoms with Crippen LogP contribution in [0.5, 0.6) is 0 Å². The number of hydrogen-bond donors (Lipinski definition) is 3. The second kappa shape index (κ2) is 6.28. The van der Waals surface area contributed by atoms with E-state index >= 15 is 0 Å². The number of aryl methyl sites for hydroxylation is 1. The molecule has 1 saturated heterocycles. The van der Waals surface area contributed by atoms with Crippen LogP contribution < -0.4 is 5.69 Å². The predicted octanol–water partition coefficient (Wildman–Crippen LogP) is 1.25. The Labute approximate surface area is 132 Å². The van der Waals surface area contributed by atoms with Crippen molar-refractivity contribution in [3.8, 4) is 0 Å². The van der Waals surface area contributed by atoms with Crippen LogP contribution >= 0.6 is 0 Å². The van der Waals surface area contributed by atoms with E-state index in [0.29, 0.717) is 32.2 Å². The van der Waals surface area contributed by atoms with Crippen LogP contribution in [0.3, 0.4) is 0 Å². The fourth-order valence-electron chi connectivity index (χ4n) is 3.14. The maximum Gasteiger partial charge on any atom is 0.326 e. The average molecular weight is 317 g/mol. The van der Waals surface area contributed by atoms with Crippen LogP contribution in [-0.4, -0.2) is 44.4 Å². The highest BCUT2D eigenvalue weighted by molar-refractivity contribution is 5.84. The average Bonchev–Trinajstić information content (AvgIpc) is 3.11. The summed E-state index contributed by atoms with van der Waals surface area (Å²) in [7, 11) is 0. The minimum atomic E-state index is -0.919. The van der Waals surface area contributed by atoms with Gasteiger partial charge in [-0.25, -0.2) is 9.59 Å². The molecule has 7 heteroatoms. The molecular formula is C16H19N3O4. The van der Waals surface area contributed by atoms with E-state index in [4.69, 9.17) is 5.11 Å². The number of aromatic amines is 2. The number of hydrogen-bond acceptors (Lipinski definition) is 3. The number of carboxylic acid groups (broad SMARTS) is 1. The third-order valence-electron chi connectivity index (χ3n) is 4.29. The molecule has 122 valence electrons. The molecule has 3 N–H and O–H groups in total. The van der Waals surface area contributed by atoms with Crippen LogP contribution in [0.25, 0.3) is 11.0 Å². The largest absolute Gasteiger partial charge is 0.480 e. The van der Waals surface area contributed by atoms with E-state index in [0.717, 1.165) is 23.0 Å². The Bertz CT molecular complexity index is 792. The molecule has 0 spiro atoms. The van der Waals surface area contributed by atoms with Gasteiger partial charge in [-0.3, -0.25) is 4.79 Å². The van der Waals surface area contributed by atoms with Gasteiger partial charge in [-0.1, -0.05) is 6.07 Å². The van der Waals surface area contributed by atoms with Crippen molar-refractivity contribution in [1.29, 1.82) is 0 Å². The van der Waals surface area contributed by atoms with Gasteiger partial charge in [0.25, 0.3) is 0 Å². The van der Waals surface area contributed by atoms with Crippen LogP contribution in [0.15, 0.2) is 23.0 Å². The second-order valence-corrected chi connectivity index (χ2v) is 5.90. The summed E-state index contributed by atoms with van der Waals surface area (Å²) in [5, 5.41) is 9.11. The zero-order valence-corrected chi connectivity index (χ0v) is 12.7. The van der Waals surface area contributed by atoms with E-state index in [2.05, 4.69) is 9.97 Å². The lowest BCUT2D eigenvalue weighted by molar-refractivity contribution is -0.148. The van der Waals surface area contributed by atoms with Gasteiger partial charge in [0.1, 0.15) is 6.04 Å². The van der Waals surface area contributed by atoms with E-state index < -0.39 is 12.0 Å². The lowest BCUT2D eigenvalue weighted by Crippen LogP contribution is -2.40. The van der Waals surface area contributed by atoms with E-state index in [1.54, 1.807) is 0 Å². The lowest BCUT2D eigenvalue weighted by Gasteiger charge is -2.21. The number of rotatable bonds is 5. The fourth-order valence-corrected chi connectivity index (χ4v) is 3.14. The first-order valence-electron chi connectivity index (χ1n) is 7.78. The third kappa shape index (κ3) is 3.28. The number of fused-ring (bicyclic) bond motifs is 1. The zero-order chi connectivity index (χ0) is 16.4. The minimum absolute atomic E-state index is 0.0916. The van der Waals surface area contributed by atoms with Crippen LogP contribution in [0.2, 0.25) is 0 Å². The Morgan fingerprint density at radius 1 is 1.26 bits per heavy atom. The van der Waals surface area contributed by atoms with Gasteiger partial charge in [0.15, 0.2) is 0 Å². The Hall–Kier alpha value is -2.57. The molecule has 1 aliphatic heterocycles. The van der Waals surface area contributed by atoms with Gasteiger partial charge in [-0.15, -0.1) is 0 Å². The van der Waals surface area contributed by atoms with Gasteiger partial charge >= 0.3 is 11.7 Å². The summed E-state index contributed by atoms with van der Waals surface area (Å²) in [5.41, 5.74) is 2.32. The predicted molar refractivity (Wildman–Crippen MR) is 84.2 cm³/mol. The topological polar surface area (TPSA) is 106 Å². The van der Waals surface area contributed by atoms with Crippen molar-refractivity contribution in [3.05, 3.63) is 34.2 Å². The second-order valence-electron chi connectivity index (χ2n) is 5.90. The molecule has 3 rings (SSSR count). The third-order valence-corrected chi connectivity index (χ3v) is 4.29. The Kier molecular flexibility index (Phi) is 4.18. The molecule has 2 heterocycles. The summed E-state index contributed by atoms with van der Waals surface area (Å²) < 4.78 is 0. The summed E-state index contributed by atoms with van der Waals surface area (Å²) >= 11 is 0. The van der Waals surface area contributed by atoms with Crippen molar-refractivity contribution in [2.75, 3.05) is 6.54 Å². The number of carbonyl (C=O) groups excluding carboxylic acids is 1. The van der Waals surface area contributed by atoms with Gasteiger partial charge in [-0.05, 0) is 43.4 Å². The van der Waals surface area contributed by atoms with Crippen LogP contribution in [0, 0.1) is 0 Å². The van der Waals surface area contributed by atoms with Crippen molar-refractivity contribution >= 4 is 22.9 Å². The number of benzene rings is 1. The molecule has 1 atom stereocenters. The smallest absolute Gasteiger partial charge is 0.326 e. The molecule has 1 fully saturated rings. The highest BCUT2D eigenvalue weighted by atomic mass is 16.4. The molecule has 0 radical (unpaired) electrons. The van der Waals surface area contributed by atoms with Crippen molar-refractivity contribution in [2.24, 2.45) is 0 Å². The molecule has 0 bridgehead atoms. The van der Waals surface area contributed by atoms with Gasteiger partial charge < -0.3 is 20.0 Å². The molecule has 1 amide bonds. The highest BCUT2D eigenvalue weighted by Crippen LogP contribution is 2.19. The van der Waals surface area contributed by atoms with Crippen LogP contribution in [-0.2, 0) is 16.0 Å². The SMILES string of the molecule is O=C(O)[C@@H]1CCCN1C(=O)CCCc1ccc2[nH]c(=O)[nH]c2c1. The van der Waals surface area contributed by atoms with Crippen molar-refractivity contribution in [2.45, 2.75) is 38.1 Å². The Balaban J connectivity index is 1.56. The van der Waals surface area contributed by atoms with Crippen molar-refractivity contribution in [3.63, 3.8) is 0 Å². The van der Waals surface area contributed by atoms with Gasteiger partial charge in [0.05, 0.1) is 11.0 Å². The first-order valence-corrected chi connectivity index (χ1v) is 7.78. The maximum atomic E-state index is 12.2. The number of carboxylic acids is 1. The quantitative estimate of drug-likeness (QED) is 0.771. The maximum absolute atomic E-state index is 12.2. The number of aliphatic carboxylic acids is 1. The Morgan fingerprint density at radius 3 is 2.83 bits per heavy atom. The molecule has 0 unspecified atom stereocenters. The highest BCUT2D eigenvalue weighted by Gasteiger charge is 2.33. The number of nitrogens with zero attached hydrogens (tertiary/aromatic N) is 1. The first-order chi connectivity index (χ1) is 11.0. The Morgan fingerprint density at radius 2 is 2.04 bits per heavy atom. The molecule has 7 nitrogen and oxygen atoms in total. The molecule has 0 aliphatic carbocycles. The molecule has 1 aromatic heterocycles. The standard InChI is InChI=1S/C16H19N3O4/c20-14(19-8-2-4-13(19)15(21)22)5-1-3-10-6-7-11-12(9-10)18-16(23)17-11/h6-7,9,13H,1-5,8H2,(H,21,22)(H2,17,18,23)/t13-/m0/s1. The van der Waals surface area contributed by atoms with Crippen LogP contribution in [0.1, 0.15) is 31.2 Å². The summed E-state index contributed by atoms with van der Waals surface area (Å²) in [4.78, 5) is 41.4. The zero-order valence-electron chi connectivity index (χ0n) is 12.7. The number of amides is 1. The number of likely N-dealkylation sites (tertiary alicyclic amines) is 1. The van der Waals surface area contributed by atoms with E-state index in [1.807, 2.05) is 18.2 Å². The van der Waals surface area contributed by atoms with Crippen molar-refractivity contribution in [1.82, 2.24) is 14.9 Å². The number of aromatic nitrogens is 2. The van der Waals surface area contributed by atoms with Gasteiger partial charge in [-0.2, -0.15) is 0 Å². The summed E-state index contributed by atoms with van der Waals surface area (Å²) in [5.74, 6) is -1.01. The number of carbonyl (C=O) groups is 2. The summed E-state index contributed by atoms with van der Waals surface area (Å²) in [6.45, 7) is 0.534. The molecule has 1 aromatic carbocycles. The monoisotopic (exact) mass is 317 g/mol. The van der Waals surface area contributed by atoms with Gasteiger partial charge in [0.2, 0.25) is 5.91 Å². The van der Waals surface area contributed by atoms with Gasteiger partial charge in [0, 0.05) is 13.0 Å². The number of imidazole rings is 1. The van der Waals surface area contributed by atoms with E-state index in [1.165, 1.54) is 4.90 Å². The number of nitrogens with one attached hydrogen (secondary N) is 2. The number of H-pyrrole nitrogens is 2. The molecule has 1 aliphatic rings. The fraction of sp³-hybridized carbons (Fsp3) is 0.438. The van der Waals surface area contributed by atoms with E-state index in [-0.39, 0.29) is 11.6 Å². The lowest BCUT2D eigenvalue weighted by atomic mass is 10.1. The van der Waals surface area contributed by atoms with E-state index in [9.17, 15) is 14.4 Å². The molecular weight excluding hydrogens is 298 g/mol. The minimum Gasteiger partial charge on any atom is -0.480 e. The first kappa shape index (κ1) is 15.3. The normalized spacial score (nSPS) is 17.7. The molecule has 23 heavy (non-hydrogen) atoms. The molecule has 2 aromatic rings. The summed E-state index contributed by atoms with van der Waals surface area (Å²) in [6, 6.07) is 5.00. The van der Waals surface area contributed by atoms with Crippen LogP contribution in [0.4, 0.5) is 0 Å². The van der Waals surface area contributed by atoms with Crippen molar-refractivity contribution < 1.29 is 14.7 Å². The summed E-state index contributed by atoms with van der Waals surface area (Å²) in [6.07, 6.45) is 2.99. The molecule has 0 saturated carbocycles.